The zero-order valence-corrected chi connectivity index (χ0v) is 13.9. The van der Waals surface area contributed by atoms with Gasteiger partial charge in [-0.1, -0.05) is 60.7 Å². The zero-order chi connectivity index (χ0) is 18.7. The Morgan fingerprint density at radius 2 is 1.08 bits per heavy atom. The van der Waals surface area contributed by atoms with Gasteiger partial charge in [-0.15, -0.1) is 0 Å². The maximum absolute atomic E-state index is 12.9. The third-order valence-electron chi connectivity index (χ3n) is 4.36. The van der Waals surface area contributed by atoms with E-state index in [9.17, 15) is 24.6 Å². The van der Waals surface area contributed by atoms with E-state index in [-0.39, 0.29) is 13.1 Å². The van der Waals surface area contributed by atoms with E-state index in [0.717, 1.165) is 20.9 Å². The van der Waals surface area contributed by atoms with Crippen LogP contribution < -0.4 is 0 Å². The minimum absolute atomic E-state index is 0.0334. The van der Waals surface area contributed by atoms with Gasteiger partial charge in [0.1, 0.15) is 0 Å². The van der Waals surface area contributed by atoms with Crippen LogP contribution in [0.1, 0.15) is 11.1 Å². The van der Waals surface area contributed by atoms with Crippen LogP contribution in [-0.4, -0.2) is 50.1 Å². The number of amides is 2. The second-order valence-electron chi connectivity index (χ2n) is 6.08. The lowest BCUT2D eigenvalue weighted by Gasteiger charge is -2.21. The summed E-state index contributed by atoms with van der Waals surface area (Å²) < 4.78 is 0. The van der Waals surface area contributed by atoms with E-state index in [1.165, 1.54) is 0 Å². The second-order valence-corrected chi connectivity index (χ2v) is 6.08. The van der Waals surface area contributed by atoms with Gasteiger partial charge < -0.3 is 20.0 Å². The van der Waals surface area contributed by atoms with Gasteiger partial charge in [0.2, 0.25) is 0 Å². The predicted octanol–water partition coefficient (Wildman–Crippen LogP) is 2.03. The molecule has 1 saturated heterocycles. The molecular formula is C19H18N2O5. The van der Waals surface area contributed by atoms with Gasteiger partial charge in [-0.25, -0.2) is 14.4 Å². The minimum atomic E-state index is -1.45. The summed E-state index contributed by atoms with van der Waals surface area (Å²) >= 11 is 0. The summed E-state index contributed by atoms with van der Waals surface area (Å²) in [4.78, 5) is 38.6. The van der Waals surface area contributed by atoms with Crippen molar-refractivity contribution in [2.24, 2.45) is 0 Å². The van der Waals surface area contributed by atoms with Crippen molar-refractivity contribution in [2.45, 2.75) is 25.2 Å². The Bertz CT molecular complexity index is 742. The Hall–Kier alpha value is -3.35. The lowest BCUT2D eigenvalue weighted by molar-refractivity contribution is -0.151. The highest BCUT2D eigenvalue weighted by molar-refractivity contribution is 5.96. The molecule has 3 rings (SSSR count). The molecule has 0 spiro atoms. The molecule has 0 bridgehead atoms. The van der Waals surface area contributed by atoms with Crippen LogP contribution in [0.2, 0.25) is 0 Å². The Balaban J connectivity index is 1.94. The molecule has 2 aromatic carbocycles. The number of carbonyl (C=O) groups excluding carboxylic acids is 1. The molecule has 2 atom stereocenters. The van der Waals surface area contributed by atoms with Gasteiger partial charge in [-0.3, -0.25) is 0 Å². The van der Waals surface area contributed by atoms with E-state index in [1.54, 1.807) is 48.5 Å². The van der Waals surface area contributed by atoms with Crippen molar-refractivity contribution in [3.05, 3.63) is 71.8 Å². The Labute approximate surface area is 150 Å². The van der Waals surface area contributed by atoms with Crippen molar-refractivity contribution in [3.8, 4) is 0 Å². The van der Waals surface area contributed by atoms with E-state index in [4.69, 9.17) is 0 Å². The minimum Gasteiger partial charge on any atom is -0.480 e. The highest BCUT2D eigenvalue weighted by atomic mass is 16.4. The summed E-state index contributed by atoms with van der Waals surface area (Å²) in [6.45, 7) is 0.0669. The predicted molar refractivity (Wildman–Crippen MR) is 92.2 cm³/mol. The molecule has 7 nitrogen and oxygen atoms in total. The van der Waals surface area contributed by atoms with Crippen LogP contribution in [0.4, 0.5) is 4.79 Å². The highest BCUT2D eigenvalue weighted by Crippen LogP contribution is 2.27. The molecule has 26 heavy (non-hydrogen) atoms. The topological polar surface area (TPSA) is 98.1 Å². The van der Waals surface area contributed by atoms with Crippen molar-refractivity contribution in [3.63, 3.8) is 0 Å². The summed E-state index contributed by atoms with van der Waals surface area (Å²) in [5, 5.41) is 19.2. The SMILES string of the molecule is O=C(O)[C@@H]1[C@@H](C(=O)O)N(Cc2ccccc2)C(=O)N1Cc1ccccc1. The number of carboxylic acid groups (broad SMARTS) is 2. The third kappa shape index (κ3) is 3.37. The van der Waals surface area contributed by atoms with E-state index in [0.29, 0.717) is 0 Å². The molecular weight excluding hydrogens is 336 g/mol. The summed E-state index contributed by atoms with van der Waals surface area (Å²) in [7, 11) is 0. The van der Waals surface area contributed by atoms with Gasteiger partial charge >= 0.3 is 18.0 Å². The molecule has 0 aromatic heterocycles. The molecule has 134 valence electrons. The highest BCUT2D eigenvalue weighted by Gasteiger charge is 2.53. The maximum atomic E-state index is 12.9. The smallest absolute Gasteiger partial charge is 0.329 e. The van der Waals surface area contributed by atoms with Crippen molar-refractivity contribution < 1.29 is 24.6 Å². The number of aliphatic carboxylic acids is 2. The van der Waals surface area contributed by atoms with Gasteiger partial charge in [0, 0.05) is 13.1 Å². The van der Waals surface area contributed by atoms with Crippen molar-refractivity contribution in [1.29, 1.82) is 0 Å². The summed E-state index contributed by atoms with van der Waals surface area (Å²) in [5.41, 5.74) is 1.47. The maximum Gasteiger partial charge on any atom is 0.329 e. The van der Waals surface area contributed by atoms with Gasteiger partial charge in [-0.05, 0) is 11.1 Å². The molecule has 0 aliphatic carbocycles. The normalized spacial score (nSPS) is 19.6. The quantitative estimate of drug-likeness (QED) is 0.827. The molecule has 0 saturated carbocycles. The third-order valence-corrected chi connectivity index (χ3v) is 4.36. The number of nitrogens with zero attached hydrogens (tertiary/aromatic N) is 2. The number of hydrogen-bond acceptors (Lipinski definition) is 3. The zero-order valence-electron chi connectivity index (χ0n) is 13.9. The second kappa shape index (κ2) is 7.26. The molecule has 2 amide bonds. The standard InChI is InChI=1S/C19H18N2O5/c22-17(23)15-16(18(24)25)21(12-14-9-5-2-6-10-14)19(26)20(15)11-13-7-3-1-4-8-13/h1-10,15-16H,11-12H2,(H,22,23)(H,24,25)/t15-,16-/m0/s1. The first-order valence-electron chi connectivity index (χ1n) is 8.09. The average molecular weight is 354 g/mol. The number of benzene rings is 2. The lowest BCUT2D eigenvalue weighted by Crippen LogP contribution is -2.47. The average Bonchev–Trinajstić information content (AvgIpc) is 2.90. The first-order valence-corrected chi connectivity index (χ1v) is 8.09. The number of carboxylic acids is 2. The van der Waals surface area contributed by atoms with Crippen LogP contribution >= 0.6 is 0 Å². The monoisotopic (exact) mass is 354 g/mol. The van der Waals surface area contributed by atoms with Crippen LogP contribution in [0.5, 0.6) is 0 Å². The molecule has 1 aliphatic rings. The summed E-state index contributed by atoms with van der Waals surface area (Å²) in [6, 6.07) is 14.3. The van der Waals surface area contributed by atoms with E-state index in [1.807, 2.05) is 12.1 Å². The Morgan fingerprint density at radius 1 is 0.731 bits per heavy atom. The number of carbonyl (C=O) groups is 3. The van der Waals surface area contributed by atoms with Crippen LogP contribution in [0, 0.1) is 0 Å². The number of urea groups is 1. The van der Waals surface area contributed by atoms with E-state index >= 15 is 0 Å². The molecule has 0 unspecified atom stereocenters. The number of rotatable bonds is 6. The van der Waals surface area contributed by atoms with Crippen LogP contribution in [0.25, 0.3) is 0 Å². The molecule has 1 aliphatic heterocycles. The largest absolute Gasteiger partial charge is 0.480 e. The fraction of sp³-hybridized carbons (Fsp3) is 0.211. The van der Waals surface area contributed by atoms with Crippen LogP contribution in [0.15, 0.2) is 60.7 Å². The van der Waals surface area contributed by atoms with E-state index in [2.05, 4.69) is 0 Å². The molecule has 7 heteroatoms. The Kier molecular flexibility index (Phi) is 4.88. The van der Waals surface area contributed by atoms with Crippen molar-refractivity contribution >= 4 is 18.0 Å². The fourth-order valence-electron chi connectivity index (χ4n) is 3.17. The fourth-order valence-corrected chi connectivity index (χ4v) is 3.17. The van der Waals surface area contributed by atoms with Crippen LogP contribution in [0.3, 0.4) is 0 Å². The lowest BCUT2D eigenvalue weighted by atomic mass is 10.1. The van der Waals surface area contributed by atoms with Gasteiger partial charge in [-0.2, -0.15) is 0 Å². The van der Waals surface area contributed by atoms with Gasteiger partial charge in [0.15, 0.2) is 12.1 Å². The van der Waals surface area contributed by atoms with E-state index < -0.39 is 30.1 Å². The molecule has 1 heterocycles. The van der Waals surface area contributed by atoms with Gasteiger partial charge in [0.05, 0.1) is 0 Å². The van der Waals surface area contributed by atoms with Crippen molar-refractivity contribution in [2.75, 3.05) is 0 Å². The molecule has 0 radical (unpaired) electrons. The molecule has 2 N–H and O–H groups in total. The number of hydrogen-bond donors (Lipinski definition) is 2. The first kappa shape index (κ1) is 17.5. The van der Waals surface area contributed by atoms with Gasteiger partial charge in [0.25, 0.3) is 0 Å². The molecule has 1 fully saturated rings. The first-order chi connectivity index (χ1) is 12.5. The summed E-state index contributed by atoms with van der Waals surface area (Å²) in [6.07, 6.45) is 0. The molecule has 2 aromatic rings. The van der Waals surface area contributed by atoms with Crippen LogP contribution in [-0.2, 0) is 22.7 Å². The van der Waals surface area contributed by atoms with Crippen molar-refractivity contribution in [1.82, 2.24) is 9.80 Å². The Morgan fingerprint density at radius 3 is 1.38 bits per heavy atom. The summed E-state index contributed by atoms with van der Waals surface area (Å²) in [5.74, 6) is -2.67.